The zero-order valence-corrected chi connectivity index (χ0v) is 17.1. The number of methoxy groups -OCH3 is 2. The molecule has 2 heterocycles. The van der Waals surface area contributed by atoms with E-state index in [1.807, 2.05) is 25.1 Å². The Kier molecular flexibility index (Phi) is 6.21. The highest BCUT2D eigenvalue weighted by atomic mass is 16.5. The smallest absolute Gasteiger partial charge is 0.264 e. The summed E-state index contributed by atoms with van der Waals surface area (Å²) >= 11 is 0. The lowest BCUT2D eigenvalue weighted by molar-refractivity contribution is -0.121. The first-order chi connectivity index (χ1) is 13.9. The number of furan rings is 1. The summed E-state index contributed by atoms with van der Waals surface area (Å²) in [6.07, 6.45) is 2.23. The molecule has 29 heavy (non-hydrogen) atoms. The van der Waals surface area contributed by atoms with E-state index in [4.69, 9.17) is 13.9 Å². The third-order valence-corrected chi connectivity index (χ3v) is 4.95. The number of carbonyl (C=O) groups is 1. The van der Waals surface area contributed by atoms with Crippen LogP contribution in [0.3, 0.4) is 0 Å². The fourth-order valence-electron chi connectivity index (χ4n) is 3.13. The Morgan fingerprint density at radius 2 is 2.03 bits per heavy atom. The molecule has 1 N–H and O–H groups in total. The van der Waals surface area contributed by atoms with Gasteiger partial charge in [0.25, 0.3) is 5.56 Å². The normalized spacial score (nSPS) is 10.9. The number of carbonyl (C=O) groups excluding carboxylic acids is 1. The summed E-state index contributed by atoms with van der Waals surface area (Å²) in [6, 6.07) is 5.58. The molecule has 0 unspecified atom stereocenters. The lowest BCUT2D eigenvalue weighted by Crippen LogP contribution is -2.29. The van der Waals surface area contributed by atoms with Crippen LogP contribution in [0.4, 0.5) is 0 Å². The van der Waals surface area contributed by atoms with E-state index in [0.29, 0.717) is 35.6 Å². The summed E-state index contributed by atoms with van der Waals surface area (Å²) in [6.45, 7) is 4.34. The third-order valence-electron chi connectivity index (χ3n) is 4.95. The van der Waals surface area contributed by atoms with Crippen molar-refractivity contribution in [1.29, 1.82) is 0 Å². The maximum atomic E-state index is 12.6. The quantitative estimate of drug-likeness (QED) is 0.625. The van der Waals surface area contributed by atoms with E-state index in [9.17, 15) is 9.59 Å². The van der Waals surface area contributed by atoms with Crippen LogP contribution in [0.15, 0.2) is 33.7 Å². The molecule has 1 amide bonds. The fourth-order valence-corrected chi connectivity index (χ4v) is 3.13. The summed E-state index contributed by atoms with van der Waals surface area (Å²) in [7, 11) is 3.20. The molecule has 0 fully saturated rings. The maximum Gasteiger partial charge on any atom is 0.264 e. The third kappa shape index (κ3) is 4.42. The first-order valence-electron chi connectivity index (χ1n) is 9.37. The molecule has 8 nitrogen and oxygen atoms in total. The second-order valence-corrected chi connectivity index (χ2v) is 6.73. The average molecular weight is 399 g/mol. The van der Waals surface area contributed by atoms with Gasteiger partial charge < -0.3 is 19.2 Å². The number of fused-ring (bicyclic) bond motifs is 1. The van der Waals surface area contributed by atoms with E-state index in [2.05, 4.69) is 10.3 Å². The molecule has 0 saturated heterocycles. The summed E-state index contributed by atoms with van der Waals surface area (Å²) < 4.78 is 17.5. The molecule has 0 aliphatic carbocycles. The van der Waals surface area contributed by atoms with Gasteiger partial charge in [0, 0.05) is 31.1 Å². The molecule has 2 aromatic heterocycles. The number of aromatic nitrogens is 2. The molecule has 3 rings (SSSR count). The second kappa shape index (κ2) is 8.81. The van der Waals surface area contributed by atoms with Crippen LogP contribution in [-0.4, -0.2) is 36.2 Å². The topological polar surface area (TPSA) is 95.6 Å². The number of ether oxygens (including phenoxy) is 2. The average Bonchev–Trinajstić information content (AvgIpc) is 3.02. The molecular weight excluding hydrogens is 374 g/mol. The van der Waals surface area contributed by atoms with Gasteiger partial charge in [0.05, 0.1) is 14.2 Å². The Bertz CT molecular complexity index is 1080. The van der Waals surface area contributed by atoms with Crippen LogP contribution < -0.4 is 20.3 Å². The fraction of sp³-hybridized carbons (Fsp3) is 0.381. The van der Waals surface area contributed by atoms with E-state index >= 15 is 0 Å². The molecule has 0 radical (unpaired) electrons. The highest BCUT2D eigenvalue weighted by Gasteiger charge is 2.14. The molecule has 0 aliphatic heterocycles. The van der Waals surface area contributed by atoms with Gasteiger partial charge in [-0.1, -0.05) is 6.07 Å². The van der Waals surface area contributed by atoms with E-state index in [1.165, 1.54) is 10.9 Å². The Balaban J connectivity index is 1.56. The number of rotatable bonds is 8. The van der Waals surface area contributed by atoms with E-state index in [-0.39, 0.29) is 24.4 Å². The van der Waals surface area contributed by atoms with Crippen molar-refractivity contribution in [3.8, 4) is 11.5 Å². The number of aryl methyl sites for hydroxylation is 3. The van der Waals surface area contributed by atoms with Gasteiger partial charge in [-0.05, 0) is 31.9 Å². The summed E-state index contributed by atoms with van der Waals surface area (Å²) in [5, 5.41) is 3.34. The Morgan fingerprint density at radius 1 is 1.24 bits per heavy atom. The molecule has 8 heteroatoms. The predicted octanol–water partition coefficient (Wildman–Crippen LogP) is 2.37. The molecule has 0 aliphatic rings. The largest absolute Gasteiger partial charge is 0.497 e. The van der Waals surface area contributed by atoms with Crippen molar-refractivity contribution >= 4 is 17.0 Å². The highest BCUT2D eigenvalue weighted by molar-refractivity contribution is 5.77. The number of hydrogen-bond donors (Lipinski definition) is 1. The van der Waals surface area contributed by atoms with Gasteiger partial charge in [0.15, 0.2) is 0 Å². The van der Waals surface area contributed by atoms with Gasteiger partial charge >= 0.3 is 0 Å². The minimum absolute atomic E-state index is 0.135. The van der Waals surface area contributed by atoms with Gasteiger partial charge in [-0.15, -0.1) is 0 Å². The van der Waals surface area contributed by atoms with E-state index in [1.54, 1.807) is 21.1 Å². The molecule has 1 aromatic carbocycles. The molecule has 0 saturated carbocycles. The Hall–Kier alpha value is -3.29. The number of hydrogen-bond acceptors (Lipinski definition) is 6. The molecule has 0 spiro atoms. The van der Waals surface area contributed by atoms with E-state index in [0.717, 1.165) is 16.9 Å². The van der Waals surface area contributed by atoms with Crippen molar-refractivity contribution in [2.24, 2.45) is 0 Å². The van der Waals surface area contributed by atoms with Crippen LogP contribution in [0.25, 0.3) is 11.1 Å². The zero-order chi connectivity index (χ0) is 21.0. The van der Waals surface area contributed by atoms with Gasteiger partial charge in [-0.2, -0.15) is 0 Å². The van der Waals surface area contributed by atoms with Gasteiger partial charge in [0.1, 0.15) is 29.0 Å². The van der Waals surface area contributed by atoms with Crippen molar-refractivity contribution in [3.63, 3.8) is 0 Å². The van der Waals surface area contributed by atoms with Gasteiger partial charge in [-0.3, -0.25) is 14.2 Å². The minimum atomic E-state index is -0.194. The molecule has 3 aromatic rings. The standard InChI is InChI=1S/C21H25N3O5/c1-13-14(2)29-20-19(13)21(26)24(12-23-20)10-8-18(25)22-9-7-15-5-6-16(27-3)11-17(15)28-4/h5-6,11-12H,7-10H2,1-4H3,(H,22,25). The molecule has 0 atom stereocenters. The van der Waals surface area contributed by atoms with Gasteiger partial charge in [0.2, 0.25) is 11.6 Å². The van der Waals surface area contributed by atoms with Crippen molar-refractivity contribution in [2.75, 3.05) is 20.8 Å². The molecular formula is C21H25N3O5. The molecule has 0 bridgehead atoms. The monoisotopic (exact) mass is 399 g/mol. The zero-order valence-electron chi connectivity index (χ0n) is 17.1. The number of benzene rings is 1. The number of nitrogens with zero attached hydrogens (tertiary/aromatic N) is 2. The minimum Gasteiger partial charge on any atom is -0.497 e. The van der Waals surface area contributed by atoms with Crippen molar-refractivity contribution in [3.05, 3.63) is 51.8 Å². The summed E-state index contributed by atoms with van der Waals surface area (Å²) in [4.78, 5) is 29.0. The number of nitrogens with one attached hydrogen (secondary N) is 1. The summed E-state index contributed by atoms with van der Waals surface area (Å²) in [5.74, 6) is 1.97. The molecule has 154 valence electrons. The lowest BCUT2D eigenvalue weighted by atomic mass is 10.1. The predicted molar refractivity (Wildman–Crippen MR) is 109 cm³/mol. The Labute approximate surface area is 168 Å². The second-order valence-electron chi connectivity index (χ2n) is 6.73. The van der Waals surface area contributed by atoms with Crippen molar-refractivity contribution < 1.29 is 18.7 Å². The van der Waals surface area contributed by atoms with Gasteiger partial charge in [-0.25, -0.2) is 4.98 Å². The number of amides is 1. The lowest BCUT2D eigenvalue weighted by Gasteiger charge is -2.11. The van der Waals surface area contributed by atoms with Crippen LogP contribution in [0, 0.1) is 13.8 Å². The Morgan fingerprint density at radius 3 is 2.76 bits per heavy atom. The highest BCUT2D eigenvalue weighted by Crippen LogP contribution is 2.24. The van der Waals surface area contributed by atoms with Crippen LogP contribution in [0.5, 0.6) is 11.5 Å². The van der Waals surface area contributed by atoms with Crippen LogP contribution in [0.2, 0.25) is 0 Å². The van der Waals surface area contributed by atoms with Crippen LogP contribution in [-0.2, 0) is 17.8 Å². The first kappa shape index (κ1) is 20.4. The maximum absolute atomic E-state index is 12.6. The SMILES string of the molecule is COc1ccc(CCNC(=O)CCn2cnc3oc(C)c(C)c3c2=O)c(OC)c1. The van der Waals surface area contributed by atoms with Crippen LogP contribution in [0.1, 0.15) is 23.3 Å². The summed E-state index contributed by atoms with van der Waals surface area (Å²) in [5.41, 5.74) is 1.90. The van der Waals surface area contributed by atoms with Crippen molar-refractivity contribution in [1.82, 2.24) is 14.9 Å². The van der Waals surface area contributed by atoms with Crippen molar-refractivity contribution in [2.45, 2.75) is 33.2 Å². The first-order valence-corrected chi connectivity index (χ1v) is 9.37. The van der Waals surface area contributed by atoms with Crippen LogP contribution >= 0.6 is 0 Å². The van der Waals surface area contributed by atoms with E-state index < -0.39 is 0 Å².